The Morgan fingerprint density at radius 3 is 2.88 bits per heavy atom. The van der Waals surface area contributed by atoms with Gasteiger partial charge >= 0.3 is 0 Å². The fourth-order valence-electron chi connectivity index (χ4n) is 2.04. The zero-order valence-electron chi connectivity index (χ0n) is 9.08. The van der Waals surface area contributed by atoms with Crippen molar-refractivity contribution in [2.24, 2.45) is 5.92 Å². The first-order valence-electron chi connectivity index (χ1n) is 5.67. The summed E-state index contributed by atoms with van der Waals surface area (Å²) < 4.78 is 0. The summed E-state index contributed by atoms with van der Waals surface area (Å²) in [5.74, 6) is 1.02. The van der Waals surface area contributed by atoms with E-state index in [1.165, 1.54) is 6.20 Å². The fraction of sp³-hybridized carbons (Fsp3) is 0.636. The van der Waals surface area contributed by atoms with Crippen LogP contribution in [-0.4, -0.2) is 21.9 Å². The highest BCUT2D eigenvalue weighted by Crippen LogP contribution is 2.27. The molecule has 16 heavy (non-hydrogen) atoms. The molecule has 2 rings (SSSR count). The second-order valence-corrected chi connectivity index (χ2v) is 4.88. The second-order valence-electron chi connectivity index (χ2n) is 4.27. The number of nitrogens with one attached hydrogen (secondary N) is 2. The lowest BCUT2D eigenvalue weighted by Gasteiger charge is -2.24. The van der Waals surface area contributed by atoms with Crippen LogP contribution in [0.15, 0.2) is 17.2 Å². The molecule has 0 amide bonds. The molecule has 0 spiro atoms. The summed E-state index contributed by atoms with van der Waals surface area (Å²) in [6.07, 6.45) is 7.53. The lowest BCUT2D eigenvalue weighted by Crippen LogP contribution is -2.24. The number of rotatable bonds is 3. The van der Waals surface area contributed by atoms with Crippen LogP contribution >= 0.6 is 11.6 Å². The number of hydrogen-bond acceptors (Lipinski definition) is 3. The first kappa shape index (κ1) is 11.5. The van der Waals surface area contributed by atoms with Crippen molar-refractivity contribution in [1.29, 1.82) is 0 Å². The molecule has 0 radical (unpaired) electrons. The monoisotopic (exact) mass is 241 g/mol. The minimum absolute atomic E-state index is 0.159. The first-order chi connectivity index (χ1) is 7.75. The van der Waals surface area contributed by atoms with Gasteiger partial charge in [-0.2, -0.15) is 0 Å². The molecule has 1 aliphatic rings. The Hall–Kier alpha value is -1.03. The van der Waals surface area contributed by atoms with Gasteiger partial charge in [0.2, 0.25) is 0 Å². The minimum atomic E-state index is -0.159. The van der Waals surface area contributed by atoms with Gasteiger partial charge in [-0.1, -0.05) is 0 Å². The maximum absolute atomic E-state index is 11.3. The van der Waals surface area contributed by atoms with E-state index in [1.54, 1.807) is 6.20 Å². The highest BCUT2D eigenvalue weighted by molar-refractivity contribution is 6.20. The number of anilines is 1. The number of aromatic amines is 1. The molecule has 1 saturated carbocycles. The van der Waals surface area contributed by atoms with E-state index < -0.39 is 0 Å². The largest absolute Gasteiger partial charge is 0.365 e. The Kier molecular flexibility index (Phi) is 3.83. The maximum Gasteiger partial charge on any atom is 0.290 e. The van der Waals surface area contributed by atoms with Gasteiger partial charge in [0.15, 0.2) is 5.82 Å². The molecule has 5 heteroatoms. The average molecular weight is 242 g/mol. The standard InChI is InChI=1S/C11H16ClN3O/c12-9-3-1-8(2-4-9)7-15-10-11(16)14-6-5-13-10/h5-6,8-9H,1-4,7H2,(H,13,15)(H,14,16). The topological polar surface area (TPSA) is 57.8 Å². The summed E-state index contributed by atoms with van der Waals surface area (Å²) in [6.45, 7) is 0.809. The van der Waals surface area contributed by atoms with Gasteiger partial charge in [-0.15, -0.1) is 11.6 Å². The Balaban J connectivity index is 1.84. The van der Waals surface area contributed by atoms with E-state index in [1.807, 2.05) is 0 Å². The fourth-order valence-corrected chi connectivity index (χ4v) is 2.30. The van der Waals surface area contributed by atoms with Crippen LogP contribution in [0.1, 0.15) is 25.7 Å². The van der Waals surface area contributed by atoms with Gasteiger partial charge in [0.25, 0.3) is 5.56 Å². The van der Waals surface area contributed by atoms with Crippen molar-refractivity contribution in [1.82, 2.24) is 9.97 Å². The summed E-state index contributed by atoms with van der Waals surface area (Å²) in [6, 6.07) is 0. The molecular weight excluding hydrogens is 226 g/mol. The number of halogens is 1. The van der Waals surface area contributed by atoms with Gasteiger partial charge in [-0.25, -0.2) is 4.98 Å². The van der Waals surface area contributed by atoms with E-state index >= 15 is 0 Å². The van der Waals surface area contributed by atoms with Crippen LogP contribution in [0.3, 0.4) is 0 Å². The smallest absolute Gasteiger partial charge is 0.290 e. The van der Waals surface area contributed by atoms with Gasteiger partial charge < -0.3 is 10.3 Å². The predicted molar refractivity (Wildman–Crippen MR) is 64.9 cm³/mol. The Bertz CT molecular complexity index is 385. The number of aromatic nitrogens is 2. The van der Waals surface area contributed by atoms with E-state index in [4.69, 9.17) is 11.6 Å². The average Bonchev–Trinajstić information content (AvgIpc) is 2.30. The number of H-pyrrole nitrogens is 1. The Labute approximate surface area is 99.4 Å². The first-order valence-corrected chi connectivity index (χ1v) is 6.11. The third kappa shape index (κ3) is 2.98. The summed E-state index contributed by atoms with van der Waals surface area (Å²) in [5, 5.41) is 3.44. The lowest BCUT2D eigenvalue weighted by molar-refractivity contribution is 0.377. The molecule has 2 N–H and O–H groups in total. The summed E-state index contributed by atoms with van der Waals surface area (Å²) >= 11 is 6.04. The molecule has 0 unspecified atom stereocenters. The summed E-state index contributed by atoms with van der Waals surface area (Å²) in [5.41, 5.74) is -0.159. The number of nitrogens with zero attached hydrogens (tertiary/aromatic N) is 1. The van der Waals surface area contributed by atoms with Gasteiger partial charge in [0.05, 0.1) is 0 Å². The third-order valence-electron chi connectivity index (χ3n) is 3.04. The molecular formula is C11H16ClN3O. The van der Waals surface area contributed by atoms with E-state index in [9.17, 15) is 4.79 Å². The summed E-state index contributed by atoms with van der Waals surface area (Å²) in [7, 11) is 0. The summed E-state index contributed by atoms with van der Waals surface area (Å²) in [4.78, 5) is 17.9. The molecule has 88 valence electrons. The molecule has 1 aromatic rings. The van der Waals surface area contributed by atoms with Crippen molar-refractivity contribution in [2.75, 3.05) is 11.9 Å². The molecule has 0 saturated heterocycles. The zero-order chi connectivity index (χ0) is 11.4. The molecule has 1 aromatic heterocycles. The highest BCUT2D eigenvalue weighted by atomic mass is 35.5. The van der Waals surface area contributed by atoms with E-state index in [0.717, 1.165) is 32.2 Å². The van der Waals surface area contributed by atoms with E-state index in [-0.39, 0.29) is 5.56 Å². The van der Waals surface area contributed by atoms with Crippen molar-refractivity contribution in [3.8, 4) is 0 Å². The molecule has 0 bridgehead atoms. The molecule has 4 nitrogen and oxygen atoms in total. The van der Waals surface area contributed by atoms with Crippen LogP contribution in [0.5, 0.6) is 0 Å². The van der Waals surface area contributed by atoms with E-state index in [2.05, 4.69) is 15.3 Å². The number of hydrogen-bond donors (Lipinski definition) is 2. The van der Waals surface area contributed by atoms with Gasteiger partial charge in [-0.05, 0) is 31.6 Å². The molecule has 0 aromatic carbocycles. The lowest BCUT2D eigenvalue weighted by atomic mass is 9.89. The highest BCUT2D eigenvalue weighted by Gasteiger charge is 2.19. The van der Waals surface area contributed by atoms with Gasteiger partial charge in [0.1, 0.15) is 0 Å². The van der Waals surface area contributed by atoms with Crippen LogP contribution < -0.4 is 10.9 Å². The third-order valence-corrected chi connectivity index (χ3v) is 3.48. The SMILES string of the molecule is O=c1[nH]ccnc1NCC1CCC(Cl)CC1. The second kappa shape index (κ2) is 5.34. The Morgan fingerprint density at radius 1 is 1.44 bits per heavy atom. The number of alkyl halides is 1. The van der Waals surface area contributed by atoms with Crippen LogP contribution in [0.4, 0.5) is 5.82 Å². The van der Waals surface area contributed by atoms with E-state index in [0.29, 0.717) is 17.1 Å². The minimum Gasteiger partial charge on any atom is -0.365 e. The predicted octanol–water partition coefficient (Wildman–Crippen LogP) is 1.98. The Morgan fingerprint density at radius 2 is 2.19 bits per heavy atom. The van der Waals surface area contributed by atoms with Gasteiger partial charge in [-0.3, -0.25) is 4.79 Å². The molecule has 1 fully saturated rings. The van der Waals surface area contributed by atoms with Crippen molar-refractivity contribution in [3.05, 3.63) is 22.7 Å². The molecule has 0 aliphatic heterocycles. The van der Waals surface area contributed by atoms with Gasteiger partial charge in [0, 0.05) is 24.3 Å². The normalized spacial score (nSPS) is 25.3. The van der Waals surface area contributed by atoms with Crippen LogP contribution in [0.25, 0.3) is 0 Å². The maximum atomic E-state index is 11.3. The molecule has 1 aliphatic carbocycles. The van der Waals surface area contributed by atoms with Crippen molar-refractivity contribution in [2.45, 2.75) is 31.1 Å². The van der Waals surface area contributed by atoms with Crippen molar-refractivity contribution in [3.63, 3.8) is 0 Å². The zero-order valence-corrected chi connectivity index (χ0v) is 9.83. The van der Waals surface area contributed by atoms with Crippen LogP contribution in [0, 0.1) is 5.92 Å². The van der Waals surface area contributed by atoms with Crippen LogP contribution in [0.2, 0.25) is 0 Å². The molecule has 0 atom stereocenters. The van der Waals surface area contributed by atoms with Crippen molar-refractivity contribution < 1.29 is 0 Å². The van der Waals surface area contributed by atoms with Crippen molar-refractivity contribution >= 4 is 17.4 Å². The molecule has 1 heterocycles. The quantitative estimate of drug-likeness (QED) is 0.796. The van der Waals surface area contributed by atoms with Crippen LogP contribution in [-0.2, 0) is 0 Å².